The number of hydrogen-bond donors (Lipinski definition) is 0. The van der Waals surface area contributed by atoms with Crippen LogP contribution < -0.4 is 0 Å². The lowest BCUT2D eigenvalue weighted by atomic mass is 10.1. The SMILES string of the molecule is COC(=O)Cc1cncc([N+](=O)[O-])c1C(F)F. The number of carbonyl (C=O) groups is 1. The molecular weight excluding hydrogens is 238 g/mol. The third-order valence-corrected chi connectivity index (χ3v) is 2.03. The summed E-state index contributed by atoms with van der Waals surface area (Å²) in [6.45, 7) is 0. The van der Waals surface area contributed by atoms with Crippen LogP contribution in [0.3, 0.4) is 0 Å². The van der Waals surface area contributed by atoms with E-state index in [1.54, 1.807) is 0 Å². The number of nitro groups is 1. The molecule has 0 amide bonds. The molecule has 0 saturated heterocycles. The molecule has 0 spiro atoms. The van der Waals surface area contributed by atoms with Crippen molar-refractivity contribution in [2.24, 2.45) is 0 Å². The molecular formula is C9H8F2N2O4. The molecule has 0 N–H and O–H groups in total. The van der Waals surface area contributed by atoms with E-state index in [-0.39, 0.29) is 5.56 Å². The molecule has 1 heterocycles. The minimum atomic E-state index is -3.06. The topological polar surface area (TPSA) is 82.3 Å². The molecule has 1 aromatic heterocycles. The first-order chi connectivity index (χ1) is 7.97. The molecule has 0 fully saturated rings. The second-order valence-corrected chi connectivity index (χ2v) is 3.04. The van der Waals surface area contributed by atoms with Crippen molar-refractivity contribution in [2.45, 2.75) is 12.8 Å². The molecule has 0 aliphatic rings. The first-order valence-corrected chi connectivity index (χ1v) is 4.43. The van der Waals surface area contributed by atoms with Crippen molar-refractivity contribution in [1.29, 1.82) is 0 Å². The van der Waals surface area contributed by atoms with Crippen LogP contribution in [-0.2, 0) is 16.0 Å². The summed E-state index contributed by atoms with van der Waals surface area (Å²) >= 11 is 0. The normalized spacial score (nSPS) is 10.4. The van der Waals surface area contributed by atoms with E-state index >= 15 is 0 Å². The van der Waals surface area contributed by atoms with Crippen LogP contribution in [0.15, 0.2) is 12.4 Å². The molecule has 1 aromatic rings. The summed E-state index contributed by atoms with van der Waals surface area (Å²) in [7, 11) is 1.09. The predicted molar refractivity (Wildman–Crippen MR) is 51.6 cm³/mol. The standard InChI is InChI=1S/C9H8F2N2O4/c1-17-7(14)2-5-3-12-4-6(13(15)16)8(5)9(10)11/h3-4,9H,2H2,1H3. The number of pyridine rings is 1. The molecule has 0 bridgehead atoms. The monoisotopic (exact) mass is 246 g/mol. The highest BCUT2D eigenvalue weighted by Gasteiger charge is 2.26. The van der Waals surface area contributed by atoms with Crippen LogP contribution >= 0.6 is 0 Å². The van der Waals surface area contributed by atoms with Crippen molar-refractivity contribution in [3.05, 3.63) is 33.6 Å². The summed E-state index contributed by atoms with van der Waals surface area (Å²) in [5, 5.41) is 10.5. The van der Waals surface area contributed by atoms with Gasteiger partial charge in [-0.15, -0.1) is 0 Å². The van der Waals surface area contributed by atoms with Crippen molar-refractivity contribution >= 4 is 11.7 Å². The van der Waals surface area contributed by atoms with Gasteiger partial charge in [-0.3, -0.25) is 19.9 Å². The van der Waals surface area contributed by atoms with Crippen molar-refractivity contribution in [1.82, 2.24) is 4.98 Å². The maximum atomic E-state index is 12.7. The smallest absolute Gasteiger partial charge is 0.310 e. The minimum absolute atomic E-state index is 0.207. The summed E-state index contributed by atoms with van der Waals surface area (Å²) in [6, 6.07) is 0. The van der Waals surface area contributed by atoms with Gasteiger partial charge in [-0.1, -0.05) is 0 Å². The molecule has 0 aliphatic heterocycles. The third-order valence-electron chi connectivity index (χ3n) is 2.03. The lowest BCUT2D eigenvalue weighted by Gasteiger charge is -2.07. The average molecular weight is 246 g/mol. The lowest BCUT2D eigenvalue weighted by molar-refractivity contribution is -0.386. The van der Waals surface area contributed by atoms with E-state index in [0.29, 0.717) is 0 Å². The molecule has 0 radical (unpaired) electrons. The third kappa shape index (κ3) is 2.92. The van der Waals surface area contributed by atoms with Gasteiger partial charge in [-0.25, -0.2) is 8.78 Å². The summed E-state index contributed by atoms with van der Waals surface area (Å²) in [6.07, 6.45) is -1.82. The van der Waals surface area contributed by atoms with Gasteiger partial charge in [0, 0.05) is 6.20 Å². The van der Waals surface area contributed by atoms with Gasteiger partial charge in [-0.05, 0) is 5.56 Å². The number of hydrogen-bond acceptors (Lipinski definition) is 5. The van der Waals surface area contributed by atoms with E-state index in [1.807, 2.05) is 0 Å². The maximum absolute atomic E-state index is 12.7. The van der Waals surface area contributed by atoms with Gasteiger partial charge in [0.05, 0.1) is 18.5 Å². The fourth-order valence-corrected chi connectivity index (χ4v) is 1.27. The molecule has 1 rings (SSSR count). The van der Waals surface area contributed by atoms with Crippen molar-refractivity contribution in [3.63, 3.8) is 0 Å². The Bertz CT molecular complexity index is 451. The zero-order chi connectivity index (χ0) is 13.0. The molecule has 0 saturated carbocycles. The second-order valence-electron chi connectivity index (χ2n) is 3.04. The van der Waals surface area contributed by atoms with Gasteiger partial charge >= 0.3 is 5.97 Å². The van der Waals surface area contributed by atoms with Gasteiger partial charge < -0.3 is 4.74 Å². The van der Waals surface area contributed by atoms with Gasteiger partial charge in [0.25, 0.3) is 12.1 Å². The molecule has 0 unspecified atom stereocenters. The molecule has 0 aliphatic carbocycles. The van der Waals surface area contributed by atoms with Crippen molar-refractivity contribution < 1.29 is 23.2 Å². The van der Waals surface area contributed by atoms with E-state index in [9.17, 15) is 23.7 Å². The first kappa shape index (κ1) is 12.9. The number of ether oxygens (including phenoxy) is 1. The van der Waals surface area contributed by atoms with E-state index in [1.165, 1.54) is 0 Å². The van der Waals surface area contributed by atoms with Crippen molar-refractivity contribution in [2.75, 3.05) is 7.11 Å². The van der Waals surface area contributed by atoms with E-state index < -0.39 is 35.0 Å². The Morgan fingerprint density at radius 3 is 2.71 bits per heavy atom. The number of nitrogens with zero attached hydrogens (tertiary/aromatic N) is 2. The number of rotatable bonds is 4. The Hall–Kier alpha value is -2.12. The highest BCUT2D eigenvalue weighted by atomic mass is 19.3. The molecule has 0 atom stereocenters. The summed E-state index contributed by atoms with van der Waals surface area (Å²) in [5.74, 6) is -0.769. The van der Waals surface area contributed by atoms with E-state index in [2.05, 4.69) is 9.72 Å². The zero-order valence-corrected chi connectivity index (χ0v) is 8.72. The van der Waals surface area contributed by atoms with Gasteiger partial charge in [0.2, 0.25) is 0 Å². The Morgan fingerprint density at radius 2 is 2.24 bits per heavy atom. The Labute approximate surface area is 94.4 Å². The first-order valence-electron chi connectivity index (χ1n) is 4.43. The summed E-state index contributed by atoms with van der Waals surface area (Å²) in [4.78, 5) is 24.0. The largest absolute Gasteiger partial charge is 0.469 e. The number of halogens is 2. The zero-order valence-electron chi connectivity index (χ0n) is 8.72. The van der Waals surface area contributed by atoms with E-state index in [0.717, 1.165) is 19.5 Å². The van der Waals surface area contributed by atoms with Gasteiger partial charge in [0.15, 0.2) is 0 Å². The molecule has 92 valence electrons. The molecule has 0 aromatic carbocycles. The summed E-state index contributed by atoms with van der Waals surface area (Å²) < 4.78 is 29.7. The highest BCUT2D eigenvalue weighted by Crippen LogP contribution is 2.31. The van der Waals surface area contributed by atoms with Crippen LogP contribution in [0.5, 0.6) is 0 Å². The van der Waals surface area contributed by atoms with Crippen LogP contribution in [0.4, 0.5) is 14.5 Å². The number of aromatic nitrogens is 1. The highest BCUT2D eigenvalue weighted by molar-refractivity contribution is 5.73. The van der Waals surface area contributed by atoms with Crippen molar-refractivity contribution in [3.8, 4) is 0 Å². The fourth-order valence-electron chi connectivity index (χ4n) is 1.27. The summed E-state index contributed by atoms with van der Waals surface area (Å²) in [5.41, 5.74) is -1.81. The van der Waals surface area contributed by atoms with Gasteiger partial charge in [0.1, 0.15) is 11.8 Å². The molecule has 6 nitrogen and oxygen atoms in total. The molecule has 8 heteroatoms. The second kappa shape index (κ2) is 5.28. The van der Waals surface area contributed by atoms with Crippen LogP contribution in [0.1, 0.15) is 17.6 Å². The lowest BCUT2D eigenvalue weighted by Crippen LogP contribution is -2.09. The Morgan fingerprint density at radius 1 is 1.59 bits per heavy atom. The quantitative estimate of drug-likeness (QED) is 0.458. The average Bonchev–Trinajstić information content (AvgIpc) is 2.28. The number of esters is 1. The number of carbonyl (C=O) groups excluding carboxylic acids is 1. The fraction of sp³-hybridized carbons (Fsp3) is 0.333. The Kier molecular flexibility index (Phi) is 4.02. The predicted octanol–water partition coefficient (Wildman–Crippen LogP) is 1.64. The van der Waals surface area contributed by atoms with E-state index in [4.69, 9.17) is 0 Å². The Balaban J connectivity index is 3.25. The number of methoxy groups -OCH3 is 1. The van der Waals surface area contributed by atoms with Crippen LogP contribution in [0.25, 0.3) is 0 Å². The van der Waals surface area contributed by atoms with Crippen LogP contribution in [0, 0.1) is 10.1 Å². The number of alkyl halides is 2. The van der Waals surface area contributed by atoms with Gasteiger partial charge in [-0.2, -0.15) is 0 Å². The minimum Gasteiger partial charge on any atom is -0.469 e. The van der Waals surface area contributed by atoms with Crippen LogP contribution in [-0.4, -0.2) is 23.0 Å². The maximum Gasteiger partial charge on any atom is 0.310 e. The van der Waals surface area contributed by atoms with Crippen LogP contribution in [0.2, 0.25) is 0 Å². The molecule has 17 heavy (non-hydrogen) atoms.